The lowest BCUT2D eigenvalue weighted by molar-refractivity contribution is -0.123. The summed E-state index contributed by atoms with van der Waals surface area (Å²) >= 11 is 3.49. The number of carbonyl (C=O) groups excluding carboxylic acids is 1. The zero-order chi connectivity index (χ0) is 15.9. The predicted octanol–water partition coefficient (Wildman–Crippen LogP) is 3.24. The van der Waals surface area contributed by atoms with E-state index in [1.165, 1.54) is 5.56 Å². The maximum atomic E-state index is 11.5. The predicted molar refractivity (Wildman–Crippen MR) is 89.5 cm³/mol. The Kier molecular flexibility index (Phi) is 7.18. The van der Waals surface area contributed by atoms with Gasteiger partial charge in [-0.15, -0.1) is 0 Å². The van der Waals surface area contributed by atoms with Gasteiger partial charge in [-0.3, -0.25) is 4.79 Å². The van der Waals surface area contributed by atoms with Crippen molar-refractivity contribution in [2.45, 2.75) is 46.2 Å². The highest BCUT2D eigenvalue weighted by atomic mass is 79.9. The number of nitrogens with one attached hydrogen (secondary N) is 2. The number of hydrogen-bond donors (Lipinski definition) is 2. The Morgan fingerprint density at radius 2 is 2.05 bits per heavy atom. The quantitative estimate of drug-likeness (QED) is 0.788. The van der Waals surface area contributed by atoms with Gasteiger partial charge in [0.15, 0.2) is 6.61 Å². The van der Waals surface area contributed by atoms with Gasteiger partial charge in [-0.2, -0.15) is 0 Å². The first-order valence-electron chi connectivity index (χ1n) is 7.25. The van der Waals surface area contributed by atoms with Crippen molar-refractivity contribution >= 4 is 21.8 Å². The molecule has 0 aliphatic carbocycles. The average Bonchev–Trinajstić information content (AvgIpc) is 2.41. The van der Waals surface area contributed by atoms with Crippen LogP contribution in [0.25, 0.3) is 0 Å². The third-order valence-corrected chi connectivity index (χ3v) is 3.37. The molecule has 1 aromatic carbocycles. The topological polar surface area (TPSA) is 50.4 Å². The van der Waals surface area contributed by atoms with E-state index in [1.54, 1.807) is 0 Å². The number of benzene rings is 1. The van der Waals surface area contributed by atoms with Crippen LogP contribution in [-0.2, 0) is 11.3 Å². The molecule has 4 nitrogen and oxygen atoms in total. The molecule has 5 heteroatoms. The van der Waals surface area contributed by atoms with Crippen LogP contribution in [0.1, 0.15) is 39.7 Å². The van der Waals surface area contributed by atoms with E-state index in [2.05, 4.69) is 47.3 Å². The molecular weight excluding hydrogens is 332 g/mol. The van der Waals surface area contributed by atoms with E-state index in [0.29, 0.717) is 12.3 Å². The molecule has 118 valence electrons. The lowest BCUT2D eigenvalue weighted by Crippen LogP contribution is -2.35. The summed E-state index contributed by atoms with van der Waals surface area (Å²) in [6.45, 7) is 9.93. The molecule has 2 N–H and O–H groups in total. The Bertz CT molecular complexity index is 470. The minimum atomic E-state index is -0.0952. The zero-order valence-electron chi connectivity index (χ0n) is 13.3. The van der Waals surface area contributed by atoms with Crippen LogP contribution >= 0.6 is 15.9 Å². The normalized spacial score (nSPS) is 11.3. The van der Waals surface area contributed by atoms with Crippen LogP contribution in [0.5, 0.6) is 5.75 Å². The number of amides is 1. The SMILES string of the molecule is CCCNC(=O)COc1ccc(CNC(C)(C)C)cc1Br. The van der Waals surface area contributed by atoms with E-state index in [1.807, 2.05) is 25.1 Å². The molecule has 0 radical (unpaired) electrons. The van der Waals surface area contributed by atoms with Gasteiger partial charge in [0.25, 0.3) is 5.91 Å². The van der Waals surface area contributed by atoms with E-state index in [0.717, 1.165) is 17.4 Å². The first kappa shape index (κ1) is 18.0. The fourth-order valence-electron chi connectivity index (χ4n) is 1.60. The summed E-state index contributed by atoms with van der Waals surface area (Å²) in [4.78, 5) is 11.5. The molecule has 0 aromatic heterocycles. The number of rotatable bonds is 7. The minimum Gasteiger partial charge on any atom is -0.483 e. The van der Waals surface area contributed by atoms with Crippen molar-refractivity contribution in [1.82, 2.24) is 10.6 Å². The Morgan fingerprint density at radius 1 is 1.33 bits per heavy atom. The van der Waals surface area contributed by atoms with E-state index in [-0.39, 0.29) is 18.1 Å². The van der Waals surface area contributed by atoms with Gasteiger partial charge >= 0.3 is 0 Å². The Labute approximate surface area is 135 Å². The standard InChI is InChI=1S/C16H25BrN2O2/c1-5-8-18-15(20)11-21-14-7-6-12(9-13(14)17)10-19-16(2,3)4/h6-7,9,19H,5,8,10-11H2,1-4H3,(H,18,20). The first-order chi connectivity index (χ1) is 9.81. The van der Waals surface area contributed by atoms with Crippen LogP contribution in [-0.4, -0.2) is 24.6 Å². The molecule has 1 amide bonds. The van der Waals surface area contributed by atoms with Crippen molar-refractivity contribution in [3.8, 4) is 5.75 Å². The molecular formula is C16H25BrN2O2. The van der Waals surface area contributed by atoms with Crippen LogP contribution in [0.15, 0.2) is 22.7 Å². The Morgan fingerprint density at radius 3 is 2.62 bits per heavy atom. The highest BCUT2D eigenvalue weighted by molar-refractivity contribution is 9.10. The van der Waals surface area contributed by atoms with Crippen LogP contribution in [0.3, 0.4) is 0 Å². The van der Waals surface area contributed by atoms with Crippen LogP contribution in [0.4, 0.5) is 0 Å². The molecule has 0 unspecified atom stereocenters. The van der Waals surface area contributed by atoms with Gasteiger partial charge in [0.2, 0.25) is 0 Å². The lowest BCUT2D eigenvalue weighted by Gasteiger charge is -2.20. The van der Waals surface area contributed by atoms with Gasteiger partial charge < -0.3 is 15.4 Å². The molecule has 0 fully saturated rings. The maximum absolute atomic E-state index is 11.5. The van der Waals surface area contributed by atoms with Crippen LogP contribution in [0.2, 0.25) is 0 Å². The second-order valence-electron chi connectivity index (χ2n) is 6.01. The maximum Gasteiger partial charge on any atom is 0.257 e. The minimum absolute atomic E-state index is 0.0399. The fourth-order valence-corrected chi connectivity index (χ4v) is 2.14. The fraction of sp³-hybridized carbons (Fsp3) is 0.562. The molecule has 0 saturated carbocycles. The average molecular weight is 357 g/mol. The summed E-state index contributed by atoms with van der Waals surface area (Å²) in [6, 6.07) is 5.90. The molecule has 0 saturated heterocycles. The summed E-state index contributed by atoms with van der Waals surface area (Å²) in [5, 5.41) is 6.21. The van der Waals surface area contributed by atoms with Crippen molar-refractivity contribution in [1.29, 1.82) is 0 Å². The molecule has 0 spiro atoms. The van der Waals surface area contributed by atoms with Gasteiger partial charge in [0.1, 0.15) is 5.75 Å². The van der Waals surface area contributed by atoms with Crippen LogP contribution in [0, 0.1) is 0 Å². The van der Waals surface area contributed by atoms with E-state index in [9.17, 15) is 4.79 Å². The summed E-state index contributed by atoms with van der Waals surface area (Å²) in [7, 11) is 0. The van der Waals surface area contributed by atoms with Crippen molar-refractivity contribution in [2.24, 2.45) is 0 Å². The van der Waals surface area contributed by atoms with Gasteiger partial charge in [-0.1, -0.05) is 13.0 Å². The Hall–Kier alpha value is -1.07. The molecule has 0 heterocycles. The lowest BCUT2D eigenvalue weighted by atomic mass is 10.1. The van der Waals surface area contributed by atoms with E-state index >= 15 is 0 Å². The Balaban J connectivity index is 2.52. The van der Waals surface area contributed by atoms with Crippen molar-refractivity contribution in [3.63, 3.8) is 0 Å². The smallest absolute Gasteiger partial charge is 0.257 e. The van der Waals surface area contributed by atoms with Gasteiger partial charge in [-0.05, 0) is 60.8 Å². The van der Waals surface area contributed by atoms with Gasteiger partial charge in [-0.25, -0.2) is 0 Å². The number of ether oxygens (including phenoxy) is 1. The first-order valence-corrected chi connectivity index (χ1v) is 8.04. The molecule has 1 aromatic rings. The van der Waals surface area contributed by atoms with Crippen molar-refractivity contribution in [2.75, 3.05) is 13.2 Å². The van der Waals surface area contributed by atoms with Crippen molar-refractivity contribution in [3.05, 3.63) is 28.2 Å². The third-order valence-electron chi connectivity index (χ3n) is 2.75. The van der Waals surface area contributed by atoms with Crippen LogP contribution < -0.4 is 15.4 Å². The zero-order valence-corrected chi connectivity index (χ0v) is 14.8. The summed E-state index contributed by atoms with van der Waals surface area (Å²) in [5.74, 6) is 0.586. The molecule has 0 aliphatic heterocycles. The van der Waals surface area contributed by atoms with Gasteiger partial charge in [0.05, 0.1) is 4.47 Å². The molecule has 1 rings (SSSR count). The largest absolute Gasteiger partial charge is 0.483 e. The summed E-state index contributed by atoms with van der Waals surface area (Å²) in [6.07, 6.45) is 0.922. The molecule has 0 atom stereocenters. The number of hydrogen-bond acceptors (Lipinski definition) is 3. The molecule has 0 bridgehead atoms. The molecule has 21 heavy (non-hydrogen) atoms. The monoisotopic (exact) mass is 356 g/mol. The highest BCUT2D eigenvalue weighted by Gasteiger charge is 2.10. The molecule has 0 aliphatic rings. The highest BCUT2D eigenvalue weighted by Crippen LogP contribution is 2.26. The van der Waals surface area contributed by atoms with Crippen molar-refractivity contribution < 1.29 is 9.53 Å². The summed E-state index contributed by atoms with van der Waals surface area (Å²) in [5.41, 5.74) is 1.25. The number of halogens is 1. The third kappa shape index (κ3) is 7.48. The summed E-state index contributed by atoms with van der Waals surface area (Å²) < 4.78 is 6.38. The second kappa shape index (κ2) is 8.39. The number of carbonyl (C=O) groups is 1. The second-order valence-corrected chi connectivity index (χ2v) is 6.86. The van der Waals surface area contributed by atoms with E-state index < -0.39 is 0 Å². The van der Waals surface area contributed by atoms with E-state index in [4.69, 9.17) is 4.74 Å². The van der Waals surface area contributed by atoms with Gasteiger partial charge in [0, 0.05) is 18.6 Å².